The molecular weight excluding hydrogens is 204 g/mol. The topological polar surface area (TPSA) is 0 Å². The van der Waals surface area contributed by atoms with Crippen LogP contribution in [0.3, 0.4) is 0 Å². The normalized spacial score (nSPS) is 13.5. The highest BCUT2D eigenvalue weighted by atomic mass is 14.1. The zero-order valence-electron chi connectivity index (χ0n) is 10.1. The van der Waals surface area contributed by atoms with E-state index in [1.54, 1.807) is 0 Å². The van der Waals surface area contributed by atoms with Gasteiger partial charge in [0.2, 0.25) is 0 Å². The summed E-state index contributed by atoms with van der Waals surface area (Å²) in [5.74, 6) is 0. The number of hydrogen-bond donors (Lipinski definition) is 0. The second-order valence-corrected chi connectivity index (χ2v) is 4.67. The largest absolute Gasteiger partial charge is 0.0836 e. The Morgan fingerprint density at radius 3 is 2.65 bits per heavy atom. The Bertz CT molecular complexity index is 562. The van der Waals surface area contributed by atoms with Crippen LogP contribution in [0, 0.1) is 6.92 Å². The maximum absolute atomic E-state index is 2.35. The quantitative estimate of drug-likeness (QED) is 0.657. The van der Waals surface area contributed by atoms with Gasteiger partial charge in [-0.3, -0.25) is 0 Å². The summed E-state index contributed by atoms with van der Waals surface area (Å²) in [6.45, 7) is 2.21. The van der Waals surface area contributed by atoms with Crippen LogP contribution < -0.4 is 0 Å². The molecule has 0 bridgehead atoms. The van der Waals surface area contributed by atoms with E-state index in [0.717, 1.165) is 0 Å². The van der Waals surface area contributed by atoms with E-state index >= 15 is 0 Å². The molecule has 2 aromatic carbocycles. The lowest BCUT2D eigenvalue weighted by Crippen LogP contribution is -1.96. The Balaban J connectivity index is 2.16. The Morgan fingerprint density at radius 2 is 1.82 bits per heavy atom. The fourth-order valence-corrected chi connectivity index (χ4v) is 2.53. The van der Waals surface area contributed by atoms with Crippen molar-refractivity contribution in [3.05, 3.63) is 65.2 Å². The minimum Gasteiger partial charge on any atom is -0.0836 e. The summed E-state index contributed by atoms with van der Waals surface area (Å²) in [7, 11) is 0. The van der Waals surface area contributed by atoms with E-state index in [-0.39, 0.29) is 0 Å². The van der Waals surface area contributed by atoms with Crippen LogP contribution in [0.15, 0.2) is 48.5 Å². The molecule has 1 aliphatic rings. The van der Waals surface area contributed by atoms with Crippen molar-refractivity contribution < 1.29 is 0 Å². The number of hydrogen-bond acceptors (Lipinski definition) is 0. The molecule has 0 aliphatic heterocycles. The van der Waals surface area contributed by atoms with Gasteiger partial charge >= 0.3 is 0 Å². The fourth-order valence-electron chi connectivity index (χ4n) is 2.53. The van der Waals surface area contributed by atoms with E-state index in [0.29, 0.717) is 0 Å². The highest BCUT2D eigenvalue weighted by Crippen LogP contribution is 2.29. The van der Waals surface area contributed by atoms with Crippen LogP contribution in [0.5, 0.6) is 0 Å². The van der Waals surface area contributed by atoms with E-state index in [1.807, 2.05) is 0 Å². The first kappa shape index (κ1) is 10.3. The number of fused-ring (bicyclic) bond motifs is 1. The van der Waals surface area contributed by atoms with Crippen LogP contribution in [-0.2, 0) is 6.42 Å². The minimum atomic E-state index is 1.18. The van der Waals surface area contributed by atoms with E-state index < -0.39 is 0 Å². The smallest absolute Gasteiger partial charge is 0.0149 e. The summed E-state index contributed by atoms with van der Waals surface area (Å²) < 4.78 is 0. The second kappa shape index (κ2) is 4.21. The highest BCUT2D eigenvalue weighted by Gasteiger charge is 2.09. The van der Waals surface area contributed by atoms with Crippen molar-refractivity contribution in [2.24, 2.45) is 0 Å². The third-order valence-electron chi connectivity index (χ3n) is 3.45. The molecule has 17 heavy (non-hydrogen) atoms. The predicted molar refractivity (Wildman–Crippen MR) is 74.0 cm³/mol. The molecule has 0 spiro atoms. The van der Waals surface area contributed by atoms with E-state index in [4.69, 9.17) is 0 Å². The molecule has 0 aromatic heterocycles. The van der Waals surface area contributed by atoms with Crippen LogP contribution in [0.25, 0.3) is 17.2 Å². The van der Waals surface area contributed by atoms with Crippen molar-refractivity contribution in [1.82, 2.24) is 0 Å². The molecule has 0 fully saturated rings. The van der Waals surface area contributed by atoms with Crippen molar-refractivity contribution in [3.63, 3.8) is 0 Å². The van der Waals surface area contributed by atoms with Crippen LogP contribution in [-0.4, -0.2) is 0 Å². The standard InChI is InChI=1S/C17H16/c1-13-11-15-9-5-6-10-16(15)12-17(13)14-7-3-2-4-8-14/h2-4,6-8,10-12H,5,9H2,1H3. The zero-order valence-corrected chi connectivity index (χ0v) is 10.1. The van der Waals surface area contributed by atoms with Gasteiger partial charge in [-0.05, 0) is 53.6 Å². The molecule has 0 radical (unpaired) electrons. The first-order chi connectivity index (χ1) is 8.34. The van der Waals surface area contributed by atoms with Gasteiger partial charge in [-0.15, -0.1) is 0 Å². The third-order valence-corrected chi connectivity index (χ3v) is 3.45. The Hall–Kier alpha value is -1.82. The van der Waals surface area contributed by atoms with Crippen LogP contribution >= 0.6 is 0 Å². The number of rotatable bonds is 1. The molecule has 0 N–H and O–H groups in total. The molecular formula is C17H16. The molecule has 0 atom stereocenters. The van der Waals surface area contributed by atoms with Gasteiger partial charge in [-0.25, -0.2) is 0 Å². The van der Waals surface area contributed by atoms with Crippen molar-refractivity contribution in [3.8, 4) is 11.1 Å². The summed E-state index contributed by atoms with van der Waals surface area (Å²) in [6, 6.07) is 15.3. The zero-order chi connectivity index (χ0) is 11.7. The maximum Gasteiger partial charge on any atom is -0.0149 e. The summed E-state index contributed by atoms with van der Waals surface area (Å²) in [4.78, 5) is 0. The molecule has 0 heterocycles. The summed E-state index contributed by atoms with van der Waals surface area (Å²) in [5.41, 5.74) is 6.93. The van der Waals surface area contributed by atoms with Crippen LogP contribution in [0.2, 0.25) is 0 Å². The van der Waals surface area contributed by atoms with E-state index in [1.165, 1.54) is 40.7 Å². The van der Waals surface area contributed by atoms with Gasteiger partial charge in [0.05, 0.1) is 0 Å². The number of benzene rings is 2. The van der Waals surface area contributed by atoms with Gasteiger partial charge in [0.1, 0.15) is 0 Å². The number of allylic oxidation sites excluding steroid dienone is 1. The molecule has 0 unspecified atom stereocenters. The van der Waals surface area contributed by atoms with Crippen molar-refractivity contribution in [2.45, 2.75) is 19.8 Å². The molecule has 0 saturated carbocycles. The second-order valence-electron chi connectivity index (χ2n) is 4.67. The first-order valence-electron chi connectivity index (χ1n) is 6.20. The lowest BCUT2D eigenvalue weighted by Gasteiger charge is -2.15. The first-order valence-corrected chi connectivity index (χ1v) is 6.20. The van der Waals surface area contributed by atoms with Crippen molar-refractivity contribution in [1.29, 1.82) is 0 Å². The van der Waals surface area contributed by atoms with Crippen LogP contribution in [0.4, 0.5) is 0 Å². The molecule has 0 amide bonds. The third kappa shape index (κ3) is 1.91. The van der Waals surface area contributed by atoms with Gasteiger partial charge in [-0.2, -0.15) is 0 Å². The van der Waals surface area contributed by atoms with Gasteiger partial charge in [0.15, 0.2) is 0 Å². The fraction of sp³-hybridized carbons (Fsp3) is 0.176. The van der Waals surface area contributed by atoms with Crippen LogP contribution in [0.1, 0.15) is 23.1 Å². The predicted octanol–water partition coefficient (Wildman–Crippen LogP) is 4.62. The van der Waals surface area contributed by atoms with E-state index in [9.17, 15) is 0 Å². The summed E-state index contributed by atoms with van der Waals surface area (Å²) in [5, 5.41) is 0. The monoisotopic (exact) mass is 220 g/mol. The molecule has 0 saturated heterocycles. The van der Waals surface area contributed by atoms with Gasteiger partial charge in [0, 0.05) is 0 Å². The lowest BCUT2D eigenvalue weighted by atomic mass is 9.90. The summed E-state index contributed by atoms with van der Waals surface area (Å²) >= 11 is 0. The molecule has 84 valence electrons. The Labute approximate surface area is 103 Å². The Morgan fingerprint density at radius 1 is 1.00 bits per heavy atom. The SMILES string of the molecule is Cc1cc2c(cc1-c1ccccc1)C=CCC2. The molecule has 0 heteroatoms. The average molecular weight is 220 g/mol. The van der Waals surface area contributed by atoms with Crippen molar-refractivity contribution >= 4 is 6.08 Å². The molecule has 1 aliphatic carbocycles. The molecule has 0 nitrogen and oxygen atoms in total. The number of aryl methyl sites for hydroxylation is 2. The molecule has 3 rings (SSSR count). The summed E-state index contributed by atoms with van der Waals surface area (Å²) in [6.07, 6.45) is 6.88. The van der Waals surface area contributed by atoms with Gasteiger partial charge in [-0.1, -0.05) is 48.6 Å². The van der Waals surface area contributed by atoms with E-state index in [2.05, 4.69) is 61.5 Å². The van der Waals surface area contributed by atoms with Crippen molar-refractivity contribution in [2.75, 3.05) is 0 Å². The maximum atomic E-state index is 2.35. The minimum absolute atomic E-state index is 1.18. The van der Waals surface area contributed by atoms with Gasteiger partial charge in [0.25, 0.3) is 0 Å². The average Bonchev–Trinajstić information content (AvgIpc) is 2.39. The molecule has 2 aromatic rings. The Kier molecular flexibility index (Phi) is 2.56. The lowest BCUT2D eigenvalue weighted by molar-refractivity contribution is 0.983. The highest BCUT2D eigenvalue weighted by molar-refractivity contribution is 5.72. The van der Waals surface area contributed by atoms with Gasteiger partial charge < -0.3 is 0 Å².